The molecule has 0 aliphatic carbocycles. The number of likely N-dealkylation sites (tertiary alicyclic amines) is 1. The van der Waals surface area contributed by atoms with E-state index in [1.165, 1.54) is 0 Å². The molecule has 3 rings (SSSR count). The van der Waals surface area contributed by atoms with Crippen LogP contribution in [-0.4, -0.2) is 48.5 Å². The maximum Gasteiger partial charge on any atom is 0.336 e. The van der Waals surface area contributed by atoms with Crippen LogP contribution in [0.1, 0.15) is 52.4 Å². The number of nitrogens with zero attached hydrogens (tertiary/aromatic N) is 1. The molecule has 2 atom stereocenters. The highest BCUT2D eigenvalue weighted by molar-refractivity contribution is 5.91. The minimum Gasteiger partial charge on any atom is -0.437 e. The van der Waals surface area contributed by atoms with Crippen molar-refractivity contribution in [3.8, 4) is 0 Å². The van der Waals surface area contributed by atoms with Gasteiger partial charge in [0.25, 0.3) is 0 Å². The Labute approximate surface area is 148 Å². The molecule has 138 valence electrons. The third-order valence-corrected chi connectivity index (χ3v) is 5.35. The van der Waals surface area contributed by atoms with Gasteiger partial charge in [-0.2, -0.15) is 0 Å². The van der Waals surface area contributed by atoms with Crippen LogP contribution < -0.4 is 0 Å². The number of hydrogen-bond acceptors (Lipinski definition) is 6. The van der Waals surface area contributed by atoms with Gasteiger partial charge in [-0.15, -0.1) is 0 Å². The van der Waals surface area contributed by atoms with Gasteiger partial charge >= 0.3 is 11.9 Å². The Morgan fingerprint density at radius 1 is 1.08 bits per heavy atom. The second-order valence-electron chi connectivity index (χ2n) is 7.20. The van der Waals surface area contributed by atoms with E-state index >= 15 is 0 Å². The number of cyclic esters (lactones) is 1. The number of carbonyl (C=O) groups excluding carboxylic acids is 2. The zero-order chi connectivity index (χ0) is 18.1. The second-order valence-corrected chi connectivity index (χ2v) is 7.20. The van der Waals surface area contributed by atoms with Crippen molar-refractivity contribution in [2.45, 2.75) is 63.9 Å². The Hall–Kier alpha value is -1.66. The predicted molar refractivity (Wildman–Crippen MR) is 91.4 cm³/mol. The summed E-state index contributed by atoms with van der Waals surface area (Å²) in [4.78, 5) is 25.7. The zero-order valence-electron chi connectivity index (χ0n) is 15.3. The summed E-state index contributed by atoms with van der Waals surface area (Å²) in [6.07, 6.45) is 9.20. The fourth-order valence-electron chi connectivity index (χ4n) is 3.93. The number of piperidine rings is 1. The van der Waals surface area contributed by atoms with Crippen LogP contribution in [0, 0.1) is 0 Å². The van der Waals surface area contributed by atoms with Crippen molar-refractivity contribution in [3.63, 3.8) is 0 Å². The van der Waals surface area contributed by atoms with Gasteiger partial charge in [0.15, 0.2) is 5.72 Å². The molecule has 3 aliphatic rings. The molecule has 0 aromatic rings. The molecule has 0 bridgehead atoms. The van der Waals surface area contributed by atoms with Crippen molar-refractivity contribution in [1.82, 2.24) is 4.90 Å². The standard InChI is InChI=1S/C19H27NO5/c1-14-12-18(24-16(14)21)8-4-6-10-20(18)11-7-5-9-19(23-3)13-15(2)17(22)25-19/h12-13H,4-11H2,1-3H3/t18-,19?/m0/s1. The largest absolute Gasteiger partial charge is 0.437 e. The predicted octanol–water partition coefficient (Wildman–Crippen LogP) is 2.69. The summed E-state index contributed by atoms with van der Waals surface area (Å²) in [6.45, 7) is 5.33. The monoisotopic (exact) mass is 349 g/mol. The molecule has 1 fully saturated rings. The van der Waals surface area contributed by atoms with Crippen molar-refractivity contribution in [3.05, 3.63) is 23.3 Å². The number of rotatable bonds is 6. The van der Waals surface area contributed by atoms with Gasteiger partial charge in [0, 0.05) is 44.2 Å². The van der Waals surface area contributed by atoms with Gasteiger partial charge in [0.2, 0.25) is 5.79 Å². The molecule has 0 amide bonds. The summed E-state index contributed by atoms with van der Waals surface area (Å²) in [5.41, 5.74) is 0.744. The molecule has 6 heteroatoms. The topological polar surface area (TPSA) is 65.1 Å². The van der Waals surface area contributed by atoms with E-state index in [-0.39, 0.29) is 11.9 Å². The van der Waals surface area contributed by atoms with E-state index in [4.69, 9.17) is 14.2 Å². The molecule has 1 unspecified atom stereocenters. The highest BCUT2D eigenvalue weighted by Crippen LogP contribution is 2.37. The normalized spacial score (nSPS) is 32.6. The van der Waals surface area contributed by atoms with Gasteiger partial charge in [0.1, 0.15) is 0 Å². The molecule has 0 radical (unpaired) electrons. The first-order chi connectivity index (χ1) is 11.9. The van der Waals surface area contributed by atoms with Crippen LogP contribution in [0.25, 0.3) is 0 Å². The zero-order valence-corrected chi connectivity index (χ0v) is 15.3. The van der Waals surface area contributed by atoms with Crippen LogP contribution in [0.4, 0.5) is 0 Å². The first-order valence-electron chi connectivity index (χ1n) is 9.05. The van der Waals surface area contributed by atoms with Crippen LogP contribution in [0.15, 0.2) is 23.3 Å². The van der Waals surface area contributed by atoms with Crippen molar-refractivity contribution in [1.29, 1.82) is 0 Å². The van der Waals surface area contributed by atoms with Crippen LogP contribution >= 0.6 is 0 Å². The Morgan fingerprint density at radius 2 is 1.80 bits per heavy atom. The second kappa shape index (κ2) is 6.92. The number of carbonyl (C=O) groups is 2. The number of ether oxygens (including phenoxy) is 3. The SMILES string of the molecule is COC1(CCCCN2CCCC[C@]23C=C(C)C(=O)O3)C=C(C)C(=O)O1. The fraction of sp³-hybridized carbons (Fsp3) is 0.684. The summed E-state index contributed by atoms with van der Waals surface area (Å²) >= 11 is 0. The van der Waals surface area contributed by atoms with E-state index < -0.39 is 11.5 Å². The van der Waals surface area contributed by atoms with E-state index in [1.54, 1.807) is 20.1 Å². The Bertz CT molecular complexity index is 625. The molecule has 25 heavy (non-hydrogen) atoms. The van der Waals surface area contributed by atoms with Crippen molar-refractivity contribution in [2.24, 2.45) is 0 Å². The summed E-state index contributed by atoms with van der Waals surface area (Å²) in [7, 11) is 1.56. The lowest BCUT2D eigenvalue weighted by Crippen LogP contribution is -2.51. The molecular weight excluding hydrogens is 322 g/mol. The van der Waals surface area contributed by atoms with Crippen LogP contribution in [-0.2, 0) is 23.8 Å². The molecule has 6 nitrogen and oxygen atoms in total. The highest BCUT2D eigenvalue weighted by Gasteiger charge is 2.45. The first-order valence-corrected chi connectivity index (χ1v) is 9.05. The molecule has 0 aromatic carbocycles. The summed E-state index contributed by atoms with van der Waals surface area (Å²) in [5, 5.41) is 0. The van der Waals surface area contributed by atoms with E-state index in [2.05, 4.69) is 4.90 Å². The highest BCUT2D eigenvalue weighted by atomic mass is 16.7. The minimum atomic E-state index is -0.920. The number of esters is 2. The molecule has 1 spiro atoms. The van der Waals surface area contributed by atoms with E-state index in [0.717, 1.165) is 45.2 Å². The average Bonchev–Trinajstić information content (AvgIpc) is 3.03. The van der Waals surface area contributed by atoms with Crippen molar-refractivity contribution in [2.75, 3.05) is 20.2 Å². The molecule has 0 aromatic heterocycles. The Balaban J connectivity index is 1.55. The Morgan fingerprint density at radius 3 is 2.40 bits per heavy atom. The average molecular weight is 349 g/mol. The molecule has 0 saturated carbocycles. The number of unbranched alkanes of at least 4 members (excludes halogenated alkanes) is 1. The first kappa shape index (κ1) is 18.1. The minimum absolute atomic E-state index is 0.205. The quantitative estimate of drug-likeness (QED) is 0.543. The Kier molecular flexibility index (Phi) is 5.02. The third kappa shape index (κ3) is 3.51. The van der Waals surface area contributed by atoms with Gasteiger partial charge in [-0.3, -0.25) is 4.90 Å². The summed E-state index contributed by atoms with van der Waals surface area (Å²) < 4.78 is 16.5. The van der Waals surface area contributed by atoms with Gasteiger partial charge in [-0.25, -0.2) is 9.59 Å². The smallest absolute Gasteiger partial charge is 0.336 e. The summed E-state index contributed by atoms with van der Waals surface area (Å²) in [5.74, 6) is -1.43. The van der Waals surface area contributed by atoms with E-state index in [0.29, 0.717) is 17.6 Å². The van der Waals surface area contributed by atoms with E-state index in [1.807, 2.05) is 13.0 Å². The van der Waals surface area contributed by atoms with Crippen LogP contribution in [0.5, 0.6) is 0 Å². The summed E-state index contributed by atoms with van der Waals surface area (Å²) in [6, 6.07) is 0. The maximum atomic E-state index is 11.9. The lowest BCUT2D eigenvalue weighted by atomic mass is 9.96. The van der Waals surface area contributed by atoms with Crippen molar-refractivity contribution >= 4 is 11.9 Å². The van der Waals surface area contributed by atoms with Crippen LogP contribution in [0.2, 0.25) is 0 Å². The third-order valence-electron chi connectivity index (χ3n) is 5.35. The van der Waals surface area contributed by atoms with E-state index in [9.17, 15) is 9.59 Å². The molecule has 0 N–H and O–H groups in total. The van der Waals surface area contributed by atoms with Gasteiger partial charge < -0.3 is 14.2 Å². The number of methoxy groups -OCH3 is 1. The lowest BCUT2D eigenvalue weighted by molar-refractivity contribution is -0.191. The molecular formula is C19H27NO5. The molecule has 3 aliphatic heterocycles. The van der Waals surface area contributed by atoms with Crippen LogP contribution in [0.3, 0.4) is 0 Å². The van der Waals surface area contributed by atoms with Gasteiger partial charge in [-0.1, -0.05) is 0 Å². The maximum absolute atomic E-state index is 11.9. The molecule has 1 saturated heterocycles. The number of hydrogen-bond donors (Lipinski definition) is 0. The van der Waals surface area contributed by atoms with Gasteiger partial charge in [0.05, 0.1) is 0 Å². The van der Waals surface area contributed by atoms with Crippen molar-refractivity contribution < 1.29 is 23.8 Å². The molecule has 3 heterocycles. The fourth-order valence-corrected chi connectivity index (χ4v) is 3.93. The van der Waals surface area contributed by atoms with Gasteiger partial charge in [-0.05, 0) is 51.7 Å². The lowest BCUT2D eigenvalue weighted by Gasteiger charge is -2.42.